The molecular formula is C61H47N5. The van der Waals surface area contributed by atoms with Crippen LogP contribution >= 0.6 is 0 Å². The molecule has 12 aromatic rings. The number of aromatic nitrogens is 5. The average Bonchev–Trinajstić information content (AvgIpc) is 3.88. The summed E-state index contributed by atoms with van der Waals surface area (Å²) in [6.07, 6.45) is 2.24. The van der Waals surface area contributed by atoms with Gasteiger partial charge in [0, 0.05) is 38.4 Å². The molecule has 9 aromatic carbocycles. The van der Waals surface area contributed by atoms with Crippen molar-refractivity contribution in [1.29, 1.82) is 0 Å². The predicted molar refractivity (Wildman–Crippen MR) is 275 cm³/mol. The van der Waals surface area contributed by atoms with Crippen LogP contribution in [0, 0.1) is 0 Å². The van der Waals surface area contributed by atoms with Gasteiger partial charge in [-0.05, 0) is 116 Å². The highest BCUT2D eigenvalue weighted by molar-refractivity contribution is 6.33. The molecule has 0 atom stereocenters. The maximum Gasteiger partial charge on any atom is 0.238 e. The van der Waals surface area contributed by atoms with E-state index in [9.17, 15) is 0 Å². The Morgan fingerprint density at radius 3 is 1.67 bits per heavy atom. The second-order valence-electron chi connectivity index (χ2n) is 19.5. The zero-order chi connectivity index (χ0) is 44.3. The zero-order valence-electron chi connectivity index (χ0n) is 37.5. The Labute approximate surface area is 383 Å². The van der Waals surface area contributed by atoms with Crippen LogP contribution in [0.2, 0.25) is 0 Å². The summed E-state index contributed by atoms with van der Waals surface area (Å²) in [4.78, 5) is 16.3. The number of nitrogens with zero attached hydrogens (tertiary/aromatic N) is 5. The van der Waals surface area contributed by atoms with Crippen molar-refractivity contribution in [3.05, 3.63) is 199 Å². The Kier molecular flexibility index (Phi) is 8.36. The van der Waals surface area contributed by atoms with Crippen LogP contribution in [0.5, 0.6) is 0 Å². The van der Waals surface area contributed by atoms with E-state index in [1.165, 1.54) is 70.8 Å². The summed E-state index contributed by atoms with van der Waals surface area (Å²) in [5.74, 6) is 1.86. The first-order valence-electron chi connectivity index (χ1n) is 23.2. The van der Waals surface area contributed by atoms with Crippen molar-refractivity contribution in [2.45, 2.75) is 51.4 Å². The Morgan fingerprint density at radius 2 is 0.909 bits per heavy atom. The second kappa shape index (κ2) is 14.3. The fourth-order valence-electron chi connectivity index (χ4n) is 11.1. The Hall–Kier alpha value is -7.89. The normalized spacial score (nSPS) is 14.5. The third-order valence-corrected chi connectivity index (χ3v) is 14.6. The van der Waals surface area contributed by atoms with Crippen molar-refractivity contribution in [3.63, 3.8) is 0 Å². The van der Waals surface area contributed by atoms with E-state index in [-0.39, 0.29) is 10.8 Å². The van der Waals surface area contributed by atoms with Gasteiger partial charge in [0.15, 0.2) is 11.6 Å². The highest BCUT2D eigenvalue weighted by Crippen LogP contribution is 2.51. The molecule has 1 aliphatic carbocycles. The fraction of sp³-hybridized carbons (Fsp3) is 0.131. The van der Waals surface area contributed by atoms with Crippen molar-refractivity contribution in [2.24, 2.45) is 0 Å². The van der Waals surface area contributed by atoms with Crippen molar-refractivity contribution < 1.29 is 0 Å². The number of benzene rings is 9. The second-order valence-corrected chi connectivity index (χ2v) is 19.5. The van der Waals surface area contributed by atoms with E-state index in [2.05, 4.69) is 219 Å². The summed E-state index contributed by atoms with van der Waals surface area (Å²) in [7, 11) is 0. The Balaban J connectivity index is 1.17. The van der Waals surface area contributed by atoms with Gasteiger partial charge in [-0.25, -0.2) is 4.98 Å². The first kappa shape index (κ1) is 38.6. The molecule has 66 heavy (non-hydrogen) atoms. The highest BCUT2D eigenvalue weighted by atomic mass is 15.2. The molecule has 13 rings (SSSR count). The lowest BCUT2D eigenvalue weighted by atomic mass is 9.63. The van der Waals surface area contributed by atoms with Crippen molar-refractivity contribution >= 4 is 65.2 Å². The molecule has 316 valence electrons. The molecule has 0 saturated carbocycles. The Morgan fingerprint density at radius 1 is 0.379 bits per heavy atom. The molecule has 5 nitrogen and oxygen atoms in total. The molecule has 3 heterocycles. The van der Waals surface area contributed by atoms with E-state index in [0.717, 1.165) is 46.3 Å². The SMILES string of the molecule is CC1(C)CCC(C)(C)c2cc3c(cc21)c1c2c4c5ccccc5ccc4n(-c4ccccc4)c2ccc1n3-c1nc(-c2ccccc2)nc(-c2cccc(-c3cccc4ccccc34)c2)n1. The number of para-hydroxylation sites is 1. The van der Waals surface area contributed by atoms with Crippen LogP contribution in [0.4, 0.5) is 0 Å². The molecule has 1 aliphatic rings. The topological polar surface area (TPSA) is 48.5 Å². The number of hydrogen-bond acceptors (Lipinski definition) is 3. The van der Waals surface area contributed by atoms with E-state index < -0.39 is 0 Å². The van der Waals surface area contributed by atoms with Crippen LogP contribution in [-0.2, 0) is 10.8 Å². The van der Waals surface area contributed by atoms with Gasteiger partial charge in [0.05, 0.1) is 22.1 Å². The summed E-state index contributed by atoms with van der Waals surface area (Å²) < 4.78 is 4.79. The van der Waals surface area contributed by atoms with Gasteiger partial charge in [-0.3, -0.25) is 4.57 Å². The van der Waals surface area contributed by atoms with Crippen molar-refractivity contribution in [1.82, 2.24) is 24.1 Å². The monoisotopic (exact) mass is 849 g/mol. The number of rotatable bonds is 5. The minimum Gasteiger partial charge on any atom is -0.309 e. The molecule has 0 saturated heterocycles. The summed E-state index contributed by atoms with van der Waals surface area (Å²) in [5, 5.41) is 9.79. The summed E-state index contributed by atoms with van der Waals surface area (Å²) >= 11 is 0. The van der Waals surface area contributed by atoms with Crippen LogP contribution in [-0.4, -0.2) is 24.1 Å². The third kappa shape index (κ3) is 5.82. The average molecular weight is 850 g/mol. The standard InChI is InChI=1S/C61H47N5/c1-60(2)33-34-61(3,4)49-37-53-47(36-48(49)60)55-51(31-32-52-56(55)54-46-27-14-12-18-39(46)29-30-50(54)65(52)43-24-9-6-10-25-43)66(53)59-63-57(40-19-7-5-8-20-40)62-58(64-59)42-23-15-22-41(35-42)45-28-16-21-38-17-11-13-26-44(38)45/h5-32,35-37H,33-34H2,1-4H3. The molecule has 0 spiro atoms. The van der Waals surface area contributed by atoms with E-state index in [0.29, 0.717) is 17.6 Å². The molecule has 0 radical (unpaired) electrons. The minimum atomic E-state index is -0.0172. The molecule has 0 amide bonds. The van der Waals surface area contributed by atoms with E-state index >= 15 is 0 Å². The van der Waals surface area contributed by atoms with Gasteiger partial charge in [-0.1, -0.05) is 167 Å². The first-order valence-corrected chi connectivity index (χ1v) is 23.2. The van der Waals surface area contributed by atoms with Crippen LogP contribution in [0.15, 0.2) is 188 Å². The van der Waals surface area contributed by atoms with E-state index in [1.54, 1.807) is 0 Å². The van der Waals surface area contributed by atoms with Crippen LogP contribution < -0.4 is 0 Å². The molecule has 0 aliphatic heterocycles. The van der Waals surface area contributed by atoms with Crippen molar-refractivity contribution in [3.8, 4) is 45.5 Å². The largest absolute Gasteiger partial charge is 0.309 e. The lowest BCUT2D eigenvalue weighted by Gasteiger charge is -2.42. The van der Waals surface area contributed by atoms with Gasteiger partial charge in [0.1, 0.15) is 0 Å². The quantitative estimate of drug-likeness (QED) is 0.173. The van der Waals surface area contributed by atoms with Crippen molar-refractivity contribution in [2.75, 3.05) is 0 Å². The third-order valence-electron chi connectivity index (χ3n) is 14.6. The molecular weight excluding hydrogens is 803 g/mol. The molecule has 3 aromatic heterocycles. The fourth-order valence-corrected chi connectivity index (χ4v) is 11.1. The van der Waals surface area contributed by atoms with Gasteiger partial charge < -0.3 is 4.57 Å². The van der Waals surface area contributed by atoms with Gasteiger partial charge in [0.25, 0.3) is 0 Å². The molecule has 5 heteroatoms. The zero-order valence-corrected chi connectivity index (χ0v) is 37.5. The summed E-state index contributed by atoms with van der Waals surface area (Å²) in [6.45, 7) is 9.67. The molecule has 0 unspecified atom stereocenters. The lowest BCUT2D eigenvalue weighted by Crippen LogP contribution is -2.33. The number of fused-ring (bicyclic) bond motifs is 11. The lowest BCUT2D eigenvalue weighted by molar-refractivity contribution is 0.332. The molecule has 0 N–H and O–H groups in total. The van der Waals surface area contributed by atoms with E-state index in [1.807, 2.05) is 6.07 Å². The highest BCUT2D eigenvalue weighted by Gasteiger charge is 2.38. The molecule has 0 bridgehead atoms. The smallest absolute Gasteiger partial charge is 0.238 e. The van der Waals surface area contributed by atoms with Gasteiger partial charge in [-0.2, -0.15) is 9.97 Å². The van der Waals surface area contributed by atoms with Gasteiger partial charge in [-0.15, -0.1) is 0 Å². The summed E-state index contributed by atoms with van der Waals surface area (Å²) in [6, 6.07) is 68.0. The minimum absolute atomic E-state index is 0.00199. The van der Waals surface area contributed by atoms with Gasteiger partial charge in [0.2, 0.25) is 5.95 Å². The maximum absolute atomic E-state index is 5.53. The number of hydrogen-bond donors (Lipinski definition) is 0. The van der Waals surface area contributed by atoms with Crippen LogP contribution in [0.25, 0.3) is 111 Å². The first-order chi connectivity index (χ1) is 32.2. The maximum atomic E-state index is 5.53. The Bertz CT molecular complexity index is 3920. The summed E-state index contributed by atoms with van der Waals surface area (Å²) in [5.41, 5.74) is 12.6. The van der Waals surface area contributed by atoms with E-state index in [4.69, 9.17) is 15.0 Å². The predicted octanol–water partition coefficient (Wildman–Crippen LogP) is 15.7. The van der Waals surface area contributed by atoms with Crippen LogP contribution in [0.3, 0.4) is 0 Å². The van der Waals surface area contributed by atoms with Gasteiger partial charge >= 0.3 is 0 Å². The van der Waals surface area contributed by atoms with Crippen LogP contribution in [0.1, 0.15) is 51.7 Å². The molecule has 0 fully saturated rings.